The van der Waals surface area contributed by atoms with Crippen LogP contribution < -0.4 is 5.73 Å². The molecule has 0 spiro atoms. The second-order valence-electron chi connectivity index (χ2n) is 2.68. The summed E-state index contributed by atoms with van der Waals surface area (Å²) in [7, 11) is 0. The first-order chi connectivity index (χ1) is 3.70. The maximum absolute atomic E-state index is 10.3. The van der Waals surface area contributed by atoms with Gasteiger partial charge in [0.25, 0.3) is 0 Å². The summed E-state index contributed by atoms with van der Waals surface area (Å²) in [5.74, 6) is 0.806. The van der Waals surface area contributed by atoms with E-state index in [0.717, 1.165) is 18.8 Å². The Bertz CT molecular complexity index is 105. The predicted molar refractivity (Wildman–Crippen MR) is 31.1 cm³/mol. The summed E-state index contributed by atoms with van der Waals surface area (Å²) in [6.07, 6.45) is 2.02. The third-order valence-electron chi connectivity index (χ3n) is 1.78. The average molecular weight is 113 g/mol. The zero-order valence-corrected chi connectivity index (χ0v) is 5.05. The van der Waals surface area contributed by atoms with E-state index >= 15 is 0 Å². The number of primary amides is 1. The van der Waals surface area contributed by atoms with E-state index in [-0.39, 0.29) is 11.8 Å². The van der Waals surface area contributed by atoms with Crippen molar-refractivity contribution in [2.45, 2.75) is 19.8 Å². The van der Waals surface area contributed by atoms with E-state index in [1.807, 2.05) is 0 Å². The maximum atomic E-state index is 10.3. The molecule has 2 nitrogen and oxygen atoms in total. The zero-order valence-electron chi connectivity index (χ0n) is 5.05. The van der Waals surface area contributed by atoms with Crippen LogP contribution in [-0.2, 0) is 4.79 Å². The Morgan fingerprint density at radius 3 is 2.25 bits per heavy atom. The number of carbonyl (C=O) groups is 1. The minimum atomic E-state index is -0.122. The number of amides is 1. The van der Waals surface area contributed by atoms with Crippen LogP contribution in [0.4, 0.5) is 0 Å². The van der Waals surface area contributed by atoms with Crippen molar-refractivity contribution in [3.63, 3.8) is 0 Å². The van der Waals surface area contributed by atoms with Gasteiger partial charge in [-0.25, -0.2) is 0 Å². The molecule has 2 N–H and O–H groups in total. The molecular weight excluding hydrogens is 102 g/mol. The van der Waals surface area contributed by atoms with Crippen LogP contribution in [0.2, 0.25) is 0 Å². The van der Waals surface area contributed by atoms with Crippen LogP contribution >= 0.6 is 0 Å². The standard InChI is InChI=1S/C6H11NO/c1-4-2-5(3-4)6(7)8/h4-5H,2-3H2,1H3,(H2,7,8)/t4-,5+. The van der Waals surface area contributed by atoms with Gasteiger partial charge < -0.3 is 5.73 Å². The molecule has 1 aliphatic carbocycles. The van der Waals surface area contributed by atoms with Crippen LogP contribution in [0.1, 0.15) is 19.8 Å². The molecule has 0 aromatic carbocycles. The normalized spacial score (nSPS) is 36.1. The first kappa shape index (κ1) is 5.60. The SMILES string of the molecule is C[C@H]1C[C@@H](C(N)=O)C1. The van der Waals surface area contributed by atoms with E-state index in [4.69, 9.17) is 5.73 Å². The number of nitrogens with two attached hydrogens (primary N) is 1. The number of carbonyl (C=O) groups excluding carboxylic acids is 1. The monoisotopic (exact) mass is 113 g/mol. The molecule has 46 valence electrons. The molecule has 1 fully saturated rings. The Labute approximate surface area is 49.1 Å². The molecule has 0 heterocycles. The lowest BCUT2D eigenvalue weighted by Crippen LogP contribution is -2.33. The van der Waals surface area contributed by atoms with Gasteiger partial charge in [0.2, 0.25) is 5.91 Å². The lowest BCUT2D eigenvalue weighted by Gasteiger charge is -2.29. The summed E-state index contributed by atoms with van der Waals surface area (Å²) in [6.45, 7) is 2.14. The Morgan fingerprint density at radius 2 is 2.12 bits per heavy atom. The molecule has 0 unspecified atom stereocenters. The van der Waals surface area contributed by atoms with Gasteiger partial charge in [-0.15, -0.1) is 0 Å². The Morgan fingerprint density at radius 1 is 1.62 bits per heavy atom. The first-order valence-corrected chi connectivity index (χ1v) is 2.99. The summed E-state index contributed by atoms with van der Waals surface area (Å²) < 4.78 is 0. The molecule has 2 heteroatoms. The lowest BCUT2D eigenvalue weighted by molar-refractivity contribution is -0.125. The molecule has 1 aliphatic rings. The summed E-state index contributed by atoms with van der Waals surface area (Å²) in [5, 5.41) is 0. The summed E-state index contributed by atoms with van der Waals surface area (Å²) >= 11 is 0. The van der Waals surface area contributed by atoms with Gasteiger partial charge in [0, 0.05) is 5.92 Å². The van der Waals surface area contributed by atoms with E-state index in [9.17, 15) is 4.79 Å². The van der Waals surface area contributed by atoms with Crippen molar-refractivity contribution >= 4 is 5.91 Å². The van der Waals surface area contributed by atoms with Gasteiger partial charge in [0.05, 0.1) is 0 Å². The van der Waals surface area contributed by atoms with Crippen LogP contribution in [-0.4, -0.2) is 5.91 Å². The van der Waals surface area contributed by atoms with E-state index < -0.39 is 0 Å². The van der Waals surface area contributed by atoms with Crippen LogP contribution in [0.5, 0.6) is 0 Å². The van der Waals surface area contributed by atoms with Crippen molar-refractivity contribution < 1.29 is 4.79 Å². The number of hydrogen-bond acceptors (Lipinski definition) is 1. The molecule has 0 atom stereocenters. The van der Waals surface area contributed by atoms with E-state index in [2.05, 4.69) is 6.92 Å². The molecule has 0 aromatic rings. The Balaban J connectivity index is 2.25. The van der Waals surface area contributed by atoms with E-state index in [1.54, 1.807) is 0 Å². The van der Waals surface area contributed by atoms with Gasteiger partial charge in [-0.2, -0.15) is 0 Å². The number of hydrogen-bond donors (Lipinski definition) is 1. The fourth-order valence-electron chi connectivity index (χ4n) is 1.13. The second kappa shape index (κ2) is 1.77. The van der Waals surface area contributed by atoms with Gasteiger partial charge >= 0.3 is 0 Å². The maximum Gasteiger partial charge on any atom is 0.220 e. The quantitative estimate of drug-likeness (QED) is 0.529. The van der Waals surface area contributed by atoms with Crippen molar-refractivity contribution in [3.05, 3.63) is 0 Å². The minimum absolute atomic E-state index is 0.122. The smallest absolute Gasteiger partial charge is 0.220 e. The third kappa shape index (κ3) is 0.831. The molecule has 1 rings (SSSR count). The van der Waals surface area contributed by atoms with Gasteiger partial charge in [0.1, 0.15) is 0 Å². The van der Waals surface area contributed by atoms with Crippen LogP contribution in [0.15, 0.2) is 0 Å². The fraction of sp³-hybridized carbons (Fsp3) is 0.833. The molecular formula is C6H11NO. The highest BCUT2D eigenvalue weighted by Crippen LogP contribution is 2.32. The van der Waals surface area contributed by atoms with Gasteiger partial charge in [0.15, 0.2) is 0 Å². The molecule has 8 heavy (non-hydrogen) atoms. The lowest BCUT2D eigenvalue weighted by atomic mass is 9.76. The van der Waals surface area contributed by atoms with Crippen molar-refractivity contribution in [2.24, 2.45) is 17.6 Å². The predicted octanol–water partition coefficient (Wildman–Crippen LogP) is 0.518. The fourth-order valence-corrected chi connectivity index (χ4v) is 1.13. The van der Waals surface area contributed by atoms with Crippen molar-refractivity contribution in [3.8, 4) is 0 Å². The van der Waals surface area contributed by atoms with Gasteiger partial charge in [-0.3, -0.25) is 4.79 Å². The number of rotatable bonds is 1. The van der Waals surface area contributed by atoms with E-state index in [1.165, 1.54) is 0 Å². The minimum Gasteiger partial charge on any atom is -0.369 e. The van der Waals surface area contributed by atoms with Crippen LogP contribution in [0.3, 0.4) is 0 Å². The highest BCUT2D eigenvalue weighted by molar-refractivity contribution is 5.77. The van der Waals surface area contributed by atoms with Gasteiger partial charge in [-0.1, -0.05) is 6.92 Å². The highest BCUT2D eigenvalue weighted by Gasteiger charge is 2.29. The molecule has 1 amide bonds. The molecule has 0 radical (unpaired) electrons. The van der Waals surface area contributed by atoms with Crippen molar-refractivity contribution in [2.75, 3.05) is 0 Å². The molecule has 0 bridgehead atoms. The summed E-state index contributed by atoms with van der Waals surface area (Å²) in [5.41, 5.74) is 5.02. The Kier molecular flexibility index (Phi) is 1.24. The molecule has 0 aliphatic heterocycles. The van der Waals surface area contributed by atoms with Crippen LogP contribution in [0, 0.1) is 11.8 Å². The largest absolute Gasteiger partial charge is 0.369 e. The summed E-state index contributed by atoms with van der Waals surface area (Å²) in [4.78, 5) is 10.3. The molecule has 0 aromatic heterocycles. The Hall–Kier alpha value is -0.530. The second-order valence-corrected chi connectivity index (χ2v) is 2.68. The average Bonchev–Trinajstić information content (AvgIpc) is 1.57. The molecule has 0 saturated heterocycles. The van der Waals surface area contributed by atoms with Crippen molar-refractivity contribution in [1.82, 2.24) is 0 Å². The first-order valence-electron chi connectivity index (χ1n) is 2.99. The highest BCUT2D eigenvalue weighted by atomic mass is 16.1. The molecule has 1 saturated carbocycles. The topological polar surface area (TPSA) is 43.1 Å². The zero-order chi connectivity index (χ0) is 6.15. The van der Waals surface area contributed by atoms with Gasteiger partial charge in [-0.05, 0) is 18.8 Å². The summed E-state index contributed by atoms with van der Waals surface area (Å²) in [6, 6.07) is 0. The van der Waals surface area contributed by atoms with Crippen LogP contribution in [0.25, 0.3) is 0 Å². The third-order valence-corrected chi connectivity index (χ3v) is 1.78. The van der Waals surface area contributed by atoms with Crippen molar-refractivity contribution in [1.29, 1.82) is 0 Å². The van der Waals surface area contributed by atoms with E-state index in [0.29, 0.717) is 0 Å².